The van der Waals surface area contributed by atoms with E-state index in [-0.39, 0.29) is 0 Å². The maximum Gasteiger partial charge on any atom is 0.250 e. The van der Waals surface area contributed by atoms with Crippen LogP contribution in [0.15, 0.2) is 42.5 Å². The van der Waals surface area contributed by atoms with Gasteiger partial charge in [-0.15, -0.1) is 0 Å². The Balaban J connectivity index is 2.06. The van der Waals surface area contributed by atoms with E-state index in [1.54, 1.807) is 12.1 Å². The van der Waals surface area contributed by atoms with Gasteiger partial charge in [0.1, 0.15) is 0 Å². The largest absolute Gasteiger partial charge is 0.381 e. The van der Waals surface area contributed by atoms with Crippen LogP contribution in [-0.2, 0) is 6.54 Å². The van der Waals surface area contributed by atoms with Crippen LogP contribution in [0.1, 0.15) is 15.9 Å². The Kier molecular flexibility index (Phi) is 4.70. The molecule has 0 spiro atoms. The molecule has 0 fully saturated rings. The highest BCUT2D eigenvalue weighted by molar-refractivity contribution is 6.33. The first-order chi connectivity index (χ1) is 9.97. The van der Waals surface area contributed by atoms with Crippen molar-refractivity contribution in [2.75, 3.05) is 24.3 Å². The molecule has 3 N–H and O–H groups in total. The van der Waals surface area contributed by atoms with E-state index in [0.29, 0.717) is 17.1 Å². The highest BCUT2D eigenvalue weighted by atomic mass is 35.5. The van der Waals surface area contributed by atoms with Crippen molar-refractivity contribution in [2.45, 2.75) is 6.54 Å². The van der Waals surface area contributed by atoms with Crippen LogP contribution in [0, 0.1) is 0 Å². The number of primary amides is 1. The number of nitrogens with zero attached hydrogens (tertiary/aromatic N) is 1. The Morgan fingerprint density at radius 1 is 1.19 bits per heavy atom. The number of nitrogens with one attached hydrogen (secondary N) is 1. The third-order valence-electron chi connectivity index (χ3n) is 3.18. The van der Waals surface area contributed by atoms with Gasteiger partial charge < -0.3 is 16.0 Å². The molecule has 0 radical (unpaired) electrons. The van der Waals surface area contributed by atoms with Gasteiger partial charge in [0, 0.05) is 32.0 Å². The lowest BCUT2D eigenvalue weighted by Gasteiger charge is -2.13. The standard InChI is InChI=1S/C16H18ClN3O/c1-20(2)13-6-3-11(4-7-13)10-19-12-5-8-15(17)14(9-12)16(18)21/h3-9,19H,10H2,1-2H3,(H2,18,21). The fraction of sp³-hybridized carbons (Fsp3) is 0.188. The van der Waals surface area contributed by atoms with Crippen LogP contribution in [0.25, 0.3) is 0 Å². The van der Waals surface area contributed by atoms with E-state index < -0.39 is 5.91 Å². The van der Waals surface area contributed by atoms with Gasteiger partial charge in [-0.3, -0.25) is 4.79 Å². The molecule has 2 aromatic carbocycles. The van der Waals surface area contributed by atoms with E-state index in [0.717, 1.165) is 16.9 Å². The number of rotatable bonds is 5. The number of carbonyl (C=O) groups is 1. The first-order valence-corrected chi connectivity index (χ1v) is 6.94. The lowest BCUT2D eigenvalue weighted by Crippen LogP contribution is -2.12. The molecule has 0 atom stereocenters. The molecule has 1 amide bonds. The number of nitrogens with two attached hydrogens (primary N) is 1. The van der Waals surface area contributed by atoms with Gasteiger partial charge in [-0.05, 0) is 35.9 Å². The average molecular weight is 304 g/mol. The Labute approximate surface area is 129 Å². The second-order valence-electron chi connectivity index (χ2n) is 4.97. The number of amides is 1. The second-order valence-corrected chi connectivity index (χ2v) is 5.38. The molecule has 0 aliphatic carbocycles. The van der Waals surface area contributed by atoms with Gasteiger partial charge in [0.25, 0.3) is 0 Å². The van der Waals surface area contributed by atoms with Crippen molar-refractivity contribution in [1.82, 2.24) is 0 Å². The summed E-state index contributed by atoms with van der Waals surface area (Å²) >= 11 is 5.92. The van der Waals surface area contributed by atoms with Gasteiger partial charge >= 0.3 is 0 Å². The zero-order valence-corrected chi connectivity index (χ0v) is 12.8. The van der Waals surface area contributed by atoms with Gasteiger partial charge in [0.2, 0.25) is 5.91 Å². The Morgan fingerprint density at radius 3 is 2.43 bits per heavy atom. The van der Waals surface area contributed by atoms with Gasteiger partial charge in [0.15, 0.2) is 0 Å². The Morgan fingerprint density at radius 2 is 1.86 bits per heavy atom. The number of hydrogen-bond acceptors (Lipinski definition) is 3. The summed E-state index contributed by atoms with van der Waals surface area (Å²) in [5.41, 5.74) is 8.72. The molecular formula is C16H18ClN3O. The second kappa shape index (κ2) is 6.50. The molecule has 0 aliphatic rings. The Hall–Kier alpha value is -2.20. The predicted molar refractivity (Wildman–Crippen MR) is 88.1 cm³/mol. The van der Waals surface area contributed by atoms with Crippen LogP contribution in [0.4, 0.5) is 11.4 Å². The van der Waals surface area contributed by atoms with E-state index in [2.05, 4.69) is 34.5 Å². The van der Waals surface area contributed by atoms with Crippen molar-refractivity contribution in [3.05, 3.63) is 58.6 Å². The minimum atomic E-state index is -0.529. The van der Waals surface area contributed by atoms with E-state index >= 15 is 0 Å². The van der Waals surface area contributed by atoms with Crippen LogP contribution in [0.2, 0.25) is 5.02 Å². The molecular weight excluding hydrogens is 286 g/mol. The fourth-order valence-corrected chi connectivity index (χ4v) is 2.15. The van der Waals surface area contributed by atoms with Crippen LogP contribution in [0.5, 0.6) is 0 Å². The third-order valence-corrected chi connectivity index (χ3v) is 3.51. The molecule has 4 nitrogen and oxygen atoms in total. The number of benzene rings is 2. The Bertz CT molecular complexity index is 638. The highest BCUT2D eigenvalue weighted by Gasteiger charge is 2.07. The van der Waals surface area contributed by atoms with E-state index in [1.807, 2.05) is 20.2 Å². The summed E-state index contributed by atoms with van der Waals surface area (Å²) in [5.74, 6) is -0.529. The first-order valence-electron chi connectivity index (χ1n) is 6.57. The van der Waals surface area contributed by atoms with Crippen LogP contribution in [0.3, 0.4) is 0 Å². The first kappa shape index (κ1) is 15.2. The maximum atomic E-state index is 11.3. The number of hydrogen-bond donors (Lipinski definition) is 2. The van der Waals surface area contributed by atoms with E-state index in [1.165, 1.54) is 0 Å². The topological polar surface area (TPSA) is 58.4 Å². The molecule has 2 aromatic rings. The summed E-state index contributed by atoms with van der Waals surface area (Å²) in [4.78, 5) is 13.3. The molecule has 0 aromatic heterocycles. The summed E-state index contributed by atoms with van der Waals surface area (Å²) in [6.07, 6.45) is 0. The molecule has 0 unspecified atom stereocenters. The zero-order chi connectivity index (χ0) is 15.4. The fourth-order valence-electron chi connectivity index (χ4n) is 1.94. The van der Waals surface area contributed by atoms with Gasteiger partial charge in [-0.1, -0.05) is 23.7 Å². The van der Waals surface area contributed by atoms with Crippen molar-refractivity contribution in [2.24, 2.45) is 5.73 Å². The summed E-state index contributed by atoms with van der Waals surface area (Å²) in [5, 5.41) is 3.62. The smallest absolute Gasteiger partial charge is 0.250 e. The minimum absolute atomic E-state index is 0.324. The quantitative estimate of drug-likeness (QED) is 0.892. The third kappa shape index (κ3) is 3.89. The molecule has 0 saturated heterocycles. The normalized spacial score (nSPS) is 10.2. The molecule has 0 bridgehead atoms. The molecule has 110 valence electrons. The highest BCUT2D eigenvalue weighted by Crippen LogP contribution is 2.21. The van der Waals surface area contributed by atoms with Crippen molar-refractivity contribution in [3.8, 4) is 0 Å². The summed E-state index contributed by atoms with van der Waals surface area (Å²) < 4.78 is 0. The van der Waals surface area contributed by atoms with Gasteiger partial charge in [-0.25, -0.2) is 0 Å². The maximum absolute atomic E-state index is 11.3. The lowest BCUT2D eigenvalue weighted by molar-refractivity contribution is 0.100. The molecule has 0 heterocycles. The summed E-state index contributed by atoms with van der Waals surface area (Å²) in [6.45, 7) is 0.660. The molecule has 2 rings (SSSR count). The number of carbonyl (C=O) groups excluding carboxylic acids is 1. The van der Waals surface area contributed by atoms with E-state index in [9.17, 15) is 4.79 Å². The summed E-state index contributed by atoms with van der Waals surface area (Å²) in [6, 6.07) is 13.4. The monoisotopic (exact) mass is 303 g/mol. The van der Waals surface area contributed by atoms with Crippen molar-refractivity contribution in [3.63, 3.8) is 0 Å². The van der Waals surface area contributed by atoms with Crippen LogP contribution >= 0.6 is 11.6 Å². The molecule has 0 saturated carbocycles. The number of anilines is 2. The average Bonchev–Trinajstić information content (AvgIpc) is 2.46. The zero-order valence-electron chi connectivity index (χ0n) is 12.1. The van der Waals surface area contributed by atoms with Crippen molar-refractivity contribution < 1.29 is 4.79 Å². The van der Waals surface area contributed by atoms with Gasteiger partial charge in [0.05, 0.1) is 10.6 Å². The summed E-state index contributed by atoms with van der Waals surface area (Å²) in [7, 11) is 4.01. The van der Waals surface area contributed by atoms with Crippen molar-refractivity contribution >= 4 is 28.9 Å². The molecule has 0 aliphatic heterocycles. The molecule has 5 heteroatoms. The van der Waals surface area contributed by atoms with E-state index in [4.69, 9.17) is 17.3 Å². The lowest BCUT2D eigenvalue weighted by atomic mass is 10.1. The van der Waals surface area contributed by atoms with Crippen LogP contribution in [-0.4, -0.2) is 20.0 Å². The minimum Gasteiger partial charge on any atom is -0.381 e. The van der Waals surface area contributed by atoms with Crippen molar-refractivity contribution in [1.29, 1.82) is 0 Å². The predicted octanol–water partition coefficient (Wildman–Crippen LogP) is 3.12. The van der Waals surface area contributed by atoms with Crippen LogP contribution < -0.4 is 16.0 Å². The molecule has 21 heavy (non-hydrogen) atoms. The SMILES string of the molecule is CN(C)c1ccc(CNc2ccc(Cl)c(C(N)=O)c2)cc1. The van der Waals surface area contributed by atoms with Gasteiger partial charge in [-0.2, -0.15) is 0 Å². The number of halogens is 1.